The summed E-state index contributed by atoms with van der Waals surface area (Å²) >= 11 is 1.83. The zero-order valence-electron chi connectivity index (χ0n) is 14.0. The monoisotopic (exact) mass is 311 g/mol. The fraction of sp³-hybridized carbons (Fsp3) is 0.812. The van der Waals surface area contributed by atoms with E-state index in [0.717, 1.165) is 37.4 Å². The molecule has 0 saturated carbocycles. The smallest absolute Gasteiger partial charge is 0.185 e. The molecule has 0 aromatic carbocycles. The van der Waals surface area contributed by atoms with Crippen molar-refractivity contribution in [2.75, 3.05) is 38.8 Å². The van der Waals surface area contributed by atoms with Crippen LogP contribution in [0.15, 0.2) is 0 Å². The van der Waals surface area contributed by atoms with E-state index in [2.05, 4.69) is 38.0 Å². The van der Waals surface area contributed by atoms with Gasteiger partial charge in [0.05, 0.1) is 5.69 Å². The van der Waals surface area contributed by atoms with Crippen LogP contribution in [0.5, 0.6) is 0 Å². The van der Waals surface area contributed by atoms with Gasteiger partial charge < -0.3 is 15.0 Å². The van der Waals surface area contributed by atoms with E-state index in [-0.39, 0.29) is 5.41 Å². The van der Waals surface area contributed by atoms with E-state index in [1.807, 2.05) is 18.4 Å². The first-order valence-electron chi connectivity index (χ1n) is 7.85. The number of hydrogen-bond donors (Lipinski definition) is 1. The third kappa shape index (κ3) is 4.41. The van der Waals surface area contributed by atoms with Crippen molar-refractivity contribution in [1.82, 2.24) is 10.3 Å². The van der Waals surface area contributed by atoms with Gasteiger partial charge in [-0.15, -0.1) is 11.3 Å². The Hall–Kier alpha value is -0.650. The molecule has 2 rings (SSSR count). The summed E-state index contributed by atoms with van der Waals surface area (Å²) in [5.41, 5.74) is 1.33. The number of nitrogens with one attached hydrogen (secondary N) is 1. The zero-order chi connectivity index (χ0) is 15.5. The predicted molar refractivity (Wildman–Crippen MR) is 90.4 cm³/mol. The van der Waals surface area contributed by atoms with Gasteiger partial charge in [0.25, 0.3) is 0 Å². The summed E-state index contributed by atoms with van der Waals surface area (Å²) in [6.07, 6.45) is 2.34. The van der Waals surface area contributed by atoms with Crippen molar-refractivity contribution in [3.05, 3.63) is 10.6 Å². The van der Waals surface area contributed by atoms with E-state index in [4.69, 9.17) is 9.72 Å². The molecule has 0 radical (unpaired) electrons. The Morgan fingerprint density at radius 1 is 1.33 bits per heavy atom. The Labute approximate surface area is 132 Å². The van der Waals surface area contributed by atoms with Crippen LogP contribution >= 0.6 is 11.3 Å². The van der Waals surface area contributed by atoms with E-state index in [0.29, 0.717) is 0 Å². The normalized spacial score (nSPS) is 17.2. The zero-order valence-corrected chi connectivity index (χ0v) is 14.8. The molecule has 4 nitrogen and oxygen atoms in total. The number of nitrogens with zero attached hydrogens (tertiary/aromatic N) is 2. The van der Waals surface area contributed by atoms with Gasteiger partial charge in [0.1, 0.15) is 0 Å². The highest BCUT2D eigenvalue weighted by atomic mass is 32.1. The number of thiazole rings is 1. The Morgan fingerprint density at radius 2 is 2.00 bits per heavy atom. The average molecular weight is 311 g/mol. The molecule has 1 aliphatic heterocycles. The minimum atomic E-state index is 0.0977. The van der Waals surface area contributed by atoms with Crippen LogP contribution in [0.2, 0.25) is 0 Å². The fourth-order valence-corrected chi connectivity index (χ4v) is 4.02. The summed E-state index contributed by atoms with van der Waals surface area (Å²) < 4.78 is 5.45. The minimum absolute atomic E-state index is 0.0977. The first-order chi connectivity index (χ1) is 9.91. The Kier molecular flexibility index (Phi) is 5.63. The maximum absolute atomic E-state index is 5.45. The van der Waals surface area contributed by atoms with Crippen molar-refractivity contribution < 1.29 is 4.74 Å². The van der Waals surface area contributed by atoms with Crippen molar-refractivity contribution in [3.8, 4) is 0 Å². The molecule has 1 aliphatic rings. The van der Waals surface area contributed by atoms with Crippen LogP contribution in [0.4, 0.5) is 5.13 Å². The standard InChI is InChI=1S/C16H29N3OS/c1-16(2,3)14-13(10-17-4)21-15(18-14)19(5)11-12-6-8-20-9-7-12/h12,17H,6-11H2,1-5H3. The van der Waals surface area contributed by atoms with E-state index >= 15 is 0 Å². The highest BCUT2D eigenvalue weighted by Gasteiger charge is 2.25. The molecule has 1 fully saturated rings. The highest BCUT2D eigenvalue weighted by molar-refractivity contribution is 7.15. The van der Waals surface area contributed by atoms with Crippen LogP contribution in [-0.2, 0) is 16.7 Å². The van der Waals surface area contributed by atoms with E-state index in [1.165, 1.54) is 23.4 Å². The number of hydrogen-bond acceptors (Lipinski definition) is 5. The maximum atomic E-state index is 5.45. The third-order valence-electron chi connectivity index (χ3n) is 3.93. The minimum Gasteiger partial charge on any atom is -0.381 e. The summed E-state index contributed by atoms with van der Waals surface area (Å²) in [7, 11) is 4.17. The maximum Gasteiger partial charge on any atom is 0.185 e. The topological polar surface area (TPSA) is 37.4 Å². The summed E-state index contributed by atoms with van der Waals surface area (Å²) in [4.78, 5) is 8.63. The molecule has 0 spiro atoms. The fourth-order valence-electron chi connectivity index (χ4n) is 2.76. The SMILES string of the molecule is CNCc1sc(N(C)CC2CCOCC2)nc1C(C)(C)C. The predicted octanol–water partition coefficient (Wildman–Crippen LogP) is 3.02. The summed E-state index contributed by atoms with van der Waals surface area (Å²) in [6.45, 7) is 10.5. The molecular weight excluding hydrogens is 282 g/mol. The molecule has 0 unspecified atom stereocenters. The quantitative estimate of drug-likeness (QED) is 0.907. The molecule has 0 atom stereocenters. The van der Waals surface area contributed by atoms with Crippen LogP contribution in [0.25, 0.3) is 0 Å². The van der Waals surface area contributed by atoms with Gasteiger partial charge in [-0.2, -0.15) is 0 Å². The molecule has 0 aliphatic carbocycles. The van der Waals surface area contributed by atoms with Crippen LogP contribution < -0.4 is 10.2 Å². The largest absolute Gasteiger partial charge is 0.381 e. The molecule has 120 valence electrons. The Bertz CT molecular complexity index is 447. The molecular formula is C16H29N3OS. The van der Waals surface area contributed by atoms with Crippen molar-refractivity contribution in [2.45, 2.75) is 45.6 Å². The Morgan fingerprint density at radius 3 is 2.57 bits per heavy atom. The van der Waals surface area contributed by atoms with Gasteiger partial charge in [-0.1, -0.05) is 20.8 Å². The molecule has 21 heavy (non-hydrogen) atoms. The number of anilines is 1. The summed E-state index contributed by atoms with van der Waals surface area (Å²) in [5.74, 6) is 0.735. The molecule has 0 amide bonds. The second-order valence-corrected chi connectivity index (χ2v) is 8.05. The lowest BCUT2D eigenvalue weighted by Crippen LogP contribution is -2.29. The van der Waals surface area contributed by atoms with Gasteiger partial charge in [-0.3, -0.25) is 0 Å². The van der Waals surface area contributed by atoms with Crippen LogP contribution in [0, 0.1) is 5.92 Å². The molecule has 1 aromatic rings. The van der Waals surface area contributed by atoms with Crippen molar-refractivity contribution in [2.24, 2.45) is 5.92 Å². The molecule has 0 bridgehead atoms. The molecule has 1 N–H and O–H groups in total. The number of rotatable bonds is 5. The lowest BCUT2D eigenvalue weighted by atomic mass is 9.91. The second kappa shape index (κ2) is 7.07. The first kappa shape index (κ1) is 16.7. The first-order valence-corrected chi connectivity index (χ1v) is 8.67. The number of aromatic nitrogens is 1. The van der Waals surface area contributed by atoms with Crippen LogP contribution in [0.1, 0.15) is 44.2 Å². The second-order valence-electron chi connectivity index (χ2n) is 6.98. The molecule has 2 heterocycles. The van der Waals surface area contributed by atoms with Crippen LogP contribution in [0.3, 0.4) is 0 Å². The third-order valence-corrected chi connectivity index (χ3v) is 5.10. The van der Waals surface area contributed by atoms with E-state index in [1.54, 1.807) is 0 Å². The van der Waals surface area contributed by atoms with Crippen LogP contribution in [-0.4, -0.2) is 38.8 Å². The van der Waals surface area contributed by atoms with Gasteiger partial charge in [0.15, 0.2) is 5.13 Å². The van der Waals surface area contributed by atoms with Crippen molar-refractivity contribution in [3.63, 3.8) is 0 Å². The number of ether oxygens (including phenoxy) is 1. The molecule has 1 aromatic heterocycles. The highest BCUT2D eigenvalue weighted by Crippen LogP contribution is 2.34. The van der Waals surface area contributed by atoms with Crippen molar-refractivity contribution in [1.29, 1.82) is 0 Å². The van der Waals surface area contributed by atoms with Crippen molar-refractivity contribution >= 4 is 16.5 Å². The van der Waals surface area contributed by atoms with E-state index in [9.17, 15) is 0 Å². The lowest BCUT2D eigenvalue weighted by Gasteiger charge is -2.26. The summed E-state index contributed by atoms with van der Waals surface area (Å²) in [6, 6.07) is 0. The van der Waals surface area contributed by atoms with E-state index < -0.39 is 0 Å². The summed E-state index contributed by atoms with van der Waals surface area (Å²) in [5, 5.41) is 4.42. The van der Waals surface area contributed by atoms with Gasteiger partial charge in [-0.05, 0) is 25.8 Å². The van der Waals surface area contributed by atoms with Gasteiger partial charge >= 0.3 is 0 Å². The Balaban J connectivity index is 2.11. The molecule has 1 saturated heterocycles. The lowest BCUT2D eigenvalue weighted by molar-refractivity contribution is 0.0685. The van der Waals surface area contributed by atoms with Gasteiger partial charge in [0, 0.05) is 43.6 Å². The molecule has 5 heteroatoms. The van der Waals surface area contributed by atoms with Gasteiger partial charge in [0.2, 0.25) is 0 Å². The van der Waals surface area contributed by atoms with Gasteiger partial charge in [-0.25, -0.2) is 4.98 Å². The average Bonchev–Trinajstić information content (AvgIpc) is 2.84.